The third-order valence-electron chi connectivity index (χ3n) is 3.62. The first-order valence-electron chi connectivity index (χ1n) is 6.39. The van der Waals surface area contributed by atoms with Crippen LogP contribution >= 0.6 is 0 Å². The Morgan fingerprint density at radius 3 is 2.94 bits per heavy atom. The molecule has 0 fully saturated rings. The standard InChI is InChI=1S/C15H18N2O/c1-11-13(8-14(9-16)18-11)10-17-7-6-12-4-2-3-5-15(12)17/h2-5,8H,6-7,9-10,16H2,1H3. The molecule has 3 rings (SSSR count). The summed E-state index contributed by atoms with van der Waals surface area (Å²) in [4.78, 5) is 2.41. The lowest BCUT2D eigenvalue weighted by Crippen LogP contribution is -2.19. The Labute approximate surface area is 107 Å². The van der Waals surface area contributed by atoms with Crippen LogP contribution in [0.25, 0.3) is 0 Å². The van der Waals surface area contributed by atoms with Crippen LogP contribution in [0, 0.1) is 6.92 Å². The van der Waals surface area contributed by atoms with Crippen LogP contribution in [0.1, 0.15) is 22.6 Å². The van der Waals surface area contributed by atoms with E-state index in [2.05, 4.69) is 35.2 Å². The van der Waals surface area contributed by atoms with E-state index in [1.165, 1.54) is 16.8 Å². The number of aryl methyl sites for hydroxylation is 1. The highest BCUT2D eigenvalue weighted by atomic mass is 16.3. The van der Waals surface area contributed by atoms with Crippen molar-refractivity contribution in [2.75, 3.05) is 11.4 Å². The maximum absolute atomic E-state index is 5.61. The van der Waals surface area contributed by atoms with Crippen molar-refractivity contribution in [1.29, 1.82) is 0 Å². The number of para-hydroxylation sites is 1. The minimum atomic E-state index is 0.470. The van der Waals surface area contributed by atoms with Gasteiger partial charge in [0.1, 0.15) is 11.5 Å². The normalized spacial score (nSPS) is 14.0. The lowest BCUT2D eigenvalue weighted by molar-refractivity contribution is 0.482. The van der Waals surface area contributed by atoms with E-state index in [1.807, 2.05) is 6.92 Å². The quantitative estimate of drug-likeness (QED) is 0.899. The van der Waals surface area contributed by atoms with Crippen LogP contribution in [0.15, 0.2) is 34.7 Å². The second-order valence-corrected chi connectivity index (χ2v) is 4.80. The van der Waals surface area contributed by atoms with E-state index in [-0.39, 0.29) is 0 Å². The summed E-state index contributed by atoms with van der Waals surface area (Å²) in [5.74, 6) is 1.86. The maximum atomic E-state index is 5.61. The molecule has 2 aromatic rings. The Morgan fingerprint density at radius 1 is 1.33 bits per heavy atom. The van der Waals surface area contributed by atoms with Crippen LogP contribution in [-0.4, -0.2) is 6.54 Å². The number of nitrogens with zero attached hydrogens (tertiary/aromatic N) is 1. The van der Waals surface area contributed by atoms with Crippen LogP contribution in [0.3, 0.4) is 0 Å². The number of fused-ring (bicyclic) bond motifs is 1. The molecule has 0 bridgehead atoms. The van der Waals surface area contributed by atoms with Crippen molar-refractivity contribution >= 4 is 5.69 Å². The molecule has 2 heterocycles. The van der Waals surface area contributed by atoms with Crippen molar-refractivity contribution in [3.63, 3.8) is 0 Å². The van der Waals surface area contributed by atoms with Gasteiger partial charge >= 0.3 is 0 Å². The number of rotatable bonds is 3. The summed E-state index contributed by atoms with van der Waals surface area (Å²) < 4.78 is 5.61. The van der Waals surface area contributed by atoms with E-state index in [0.29, 0.717) is 6.54 Å². The number of hydrogen-bond acceptors (Lipinski definition) is 3. The summed E-state index contributed by atoms with van der Waals surface area (Å²) in [6, 6.07) is 10.7. The number of anilines is 1. The van der Waals surface area contributed by atoms with Crippen molar-refractivity contribution in [1.82, 2.24) is 0 Å². The largest absolute Gasteiger partial charge is 0.465 e. The molecule has 1 aromatic heterocycles. The SMILES string of the molecule is Cc1oc(CN)cc1CN1CCc2ccccc21. The van der Waals surface area contributed by atoms with E-state index in [0.717, 1.165) is 31.0 Å². The van der Waals surface area contributed by atoms with Gasteiger partial charge < -0.3 is 15.1 Å². The Hall–Kier alpha value is -1.74. The predicted molar refractivity (Wildman–Crippen MR) is 72.5 cm³/mol. The summed E-state index contributed by atoms with van der Waals surface area (Å²) in [6.07, 6.45) is 1.14. The molecule has 1 aliphatic heterocycles. The first-order chi connectivity index (χ1) is 8.78. The molecule has 3 heteroatoms. The summed E-state index contributed by atoms with van der Waals surface area (Å²) in [7, 11) is 0. The Kier molecular flexibility index (Phi) is 2.84. The highest BCUT2D eigenvalue weighted by Crippen LogP contribution is 2.29. The highest BCUT2D eigenvalue weighted by molar-refractivity contribution is 5.58. The number of nitrogens with two attached hydrogens (primary N) is 1. The van der Waals surface area contributed by atoms with Crippen LogP contribution in [0.5, 0.6) is 0 Å². The van der Waals surface area contributed by atoms with Gasteiger partial charge in [0, 0.05) is 24.3 Å². The molecule has 94 valence electrons. The monoisotopic (exact) mass is 242 g/mol. The minimum Gasteiger partial charge on any atom is -0.465 e. The molecule has 0 atom stereocenters. The molecular weight excluding hydrogens is 224 g/mol. The van der Waals surface area contributed by atoms with E-state index < -0.39 is 0 Å². The fourth-order valence-corrected chi connectivity index (χ4v) is 2.62. The van der Waals surface area contributed by atoms with Crippen LogP contribution < -0.4 is 10.6 Å². The van der Waals surface area contributed by atoms with E-state index in [1.54, 1.807) is 0 Å². The van der Waals surface area contributed by atoms with Gasteiger partial charge in [-0.1, -0.05) is 18.2 Å². The Bertz CT molecular complexity index is 559. The van der Waals surface area contributed by atoms with Crippen molar-refractivity contribution < 1.29 is 4.42 Å². The van der Waals surface area contributed by atoms with Gasteiger partial charge in [0.15, 0.2) is 0 Å². The average Bonchev–Trinajstić information content (AvgIpc) is 2.95. The van der Waals surface area contributed by atoms with Crippen molar-refractivity contribution in [3.8, 4) is 0 Å². The van der Waals surface area contributed by atoms with Gasteiger partial charge in [-0.2, -0.15) is 0 Å². The van der Waals surface area contributed by atoms with Crippen LogP contribution in [0.4, 0.5) is 5.69 Å². The average molecular weight is 242 g/mol. The Morgan fingerprint density at radius 2 is 2.17 bits per heavy atom. The van der Waals surface area contributed by atoms with Gasteiger partial charge in [0.25, 0.3) is 0 Å². The first-order valence-corrected chi connectivity index (χ1v) is 6.39. The fourth-order valence-electron chi connectivity index (χ4n) is 2.62. The Balaban J connectivity index is 1.84. The van der Waals surface area contributed by atoms with Gasteiger partial charge in [-0.05, 0) is 31.0 Å². The maximum Gasteiger partial charge on any atom is 0.118 e. The third-order valence-corrected chi connectivity index (χ3v) is 3.62. The zero-order valence-corrected chi connectivity index (χ0v) is 10.6. The lowest BCUT2D eigenvalue weighted by Gasteiger charge is -2.18. The van der Waals surface area contributed by atoms with Gasteiger partial charge in [-0.25, -0.2) is 0 Å². The minimum absolute atomic E-state index is 0.470. The molecular formula is C15H18N2O. The van der Waals surface area contributed by atoms with Crippen LogP contribution in [-0.2, 0) is 19.5 Å². The second-order valence-electron chi connectivity index (χ2n) is 4.80. The molecule has 0 saturated heterocycles. The third kappa shape index (κ3) is 1.91. The van der Waals surface area contributed by atoms with Crippen LogP contribution in [0.2, 0.25) is 0 Å². The molecule has 0 spiro atoms. The van der Waals surface area contributed by atoms with E-state index in [4.69, 9.17) is 10.2 Å². The topological polar surface area (TPSA) is 42.4 Å². The molecule has 0 radical (unpaired) electrons. The summed E-state index contributed by atoms with van der Waals surface area (Å²) in [6.45, 7) is 4.47. The van der Waals surface area contributed by atoms with Crippen molar-refractivity contribution in [3.05, 3.63) is 53.0 Å². The molecule has 0 amide bonds. The molecule has 0 saturated carbocycles. The van der Waals surface area contributed by atoms with Gasteiger partial charge in [-0.3, -0.25) is 0 Å². The molecule has 0 aliphatic carbocycles. The molecule has 18 heavy (non-hydrogen) atoms. The molecule has 1 aliphatic rings. The number of furan rings is 1. The summed E-state index contributed by atoms with van der Waals surface area (Å²) >= 11 is 0. The number of benzene rings is 1. The smallest absolute Gasteiger partial charge is 0.118 e. The van der Waals surface area contributed by atoms with E-state index in [9.17, 15) is 0 Å². The fraction of sp³-hybridized carbons (Fsp3) is 0.333. The van der Waals surface area contributed by atoms with Crippen molar-refractivity contribution in [2.24, 2.45) is 5.73 Å². The first kappa shape index (κ1) is 11.4. The van der Waals surface area contributed by atoms with Crippen molar-refractivity contribution in [2.45, 2.75) is 26.4 Å². The molecule has 0 unspecified atom stereocenters. The zero-order chi connectivity index (χ0) is 12.5. The lowest BCUT2D eigenvalue weighted by atomic mass is 10.2. The molecule has 3 nitrogen and oxygen atoms in total. The summed E-state index contributed by atoms with van der Waals surface area (Å²) in [5, 5.41) is 0. The van der Waals surface area contributed by atoms with Gasteiger partial charge in [0.05, 0.1) is 6.54 Å². The molecule has 2 N–H and O–H groups in total. The summed E-state index contributed by atoms with van der Waals surface area (Å²) in [5.41, 5.74) is 9.65. The van der Waals surface area contributed by atoms with Gasteiger partial charge in [-0.15, -0.1) is 0 Å². The van der Waals surface area contributed by atoms with E-state index >= 15 is 0 Å². The number of hydrogen-bond donors (Lipinski definition) is 1. The molecule has 1 aromatic carbocycles. The highest BCUT2D eigenvalue weighted by Gasteiger charge is 2.19. The zero-order valence-electron chi connectivity index (χ0n) is 10.6. The predicted octanol–water partition coefficient (Wildman–Crippen LogP) is 2.61. The second kappa shape index (κ2) is 4.50. The van der Waals surface area contributed by atoms with Gasteiger partial charge in [0.2, 0.25) is 0 Å².